The van der Waals surface area contributed by atoms with E-state index in [1.807, 2.05) is 0 Å². The first kappa shape index (κ1) is 11.9. The van der Waals surface area contributed by atoms with Gasteiger partial charge in [0, 0.05) is 20.2 Å². The van der Waals surface area contributed by atoms with Gasteiger partial charge in [-0.15, -0.1) is 0 Å². The van der Waals surface area contributed by atoms with Crippen LogP contribution >= 0.6 is 0 Å². The van der Waals surface area contributed by atoms with Crippen molar-refractivity contribution in [3.05, 3.63) is 0 Å². The molecule has 0 heterocycles. The molecule has 0 aliphatic rings. The summed E-state index contributed by atoms with van der Waals surface area (Å²) >= 11 is 0. The van der Waals surface area contributed by atoms with Gasteiger partial charge < -0.3 is 15.8 Å². The Balaban J connectivity index is 3.28. The molecule has 0 saturated carbocycles. The van der Waals surface area contributed by atoms with Crippen molar-refractivity contribution in [2.75, 3.05) is 26.7 Å². The number of nitrogens with one attached hydrogen (secondary N) is 1. The van der Waals surface area contributed by atoms with Crippen molar-refractivity contribution in [1.82, 2.24) is 5.32 Å². The molecule has 0 aromatic carbocycles. The number of hydrogen-bond donors (Lipinski definition) is 2. The topological polar surface area (TPSA) is 47.3 Å². The number of nitrogens with two attached hydrogens (primary N) is 1. The third-order valence-electron chi connectivity index (χ3n) is 2.16. The predicted molar refractivity (Wildman–Crippen MR) is 52.2 cm³/mol. The van der Waals surface area contributed by atoms with Gasteiger partial charge in [0.25, 0.3) is 0 Å². The average Bonchev–Trinajstić information content (AvgIpc) is 2.12. The number of rotatable bonds is 7. The lowest BCUT2D eigenvalue weighted by Crippen LogP contribution is -2.36. The van der Waals surface area contributed by atoms with E-state index in [2.05, 4.69) is 19.2 Å². The Morgan fingerprint density at radius 3 is 2.50 bits per heavy atom. The molecule has 0 aliphatic carbocycles. The minimum Gasteiger partial charge on any atom is -0.379 e. The fourth-order valence-electron chi connectivity index (χ4n) is 0.898. The van der Waals surface area contributed by atoms with E-state index in [1.165, 1.54) is 6.42 Å². The number of methoxy groups -OCH3 is 1. The van der Waals surface area contributed by atoms with Crippen LogP contribution in [0.3, 0.4) is 0 Å². The molecular weight excluding hydrogens is 152 g/mol. The van der Waals surface area contributed by atoms with Gasteiger partial charge in [-0.2, -0.15) is 0 Å². The predicted octanol–water partition coefficient (Wildman–Crippen LogP) is 0.596. The van der Waals surface area contributed by atoms with E-state index in [0.717, 1.165) is 19.0 Å². The Morgan fingerprint density at radius 2 is 2.08 bits per heavy atom. The first-order valence-electron chi connectivity index (χ1n) is 4.68. The monoisotopic (exact) mass is 174 g/mol. The lowest BCUT2D eigenvalue weighted by atomic mass is 10.1. The van der Waals surface area contributed by atoms with Crippen LogP contribution in [0.2, 0.25) is 0 Å². The summed E-state index contributed by atoms with van der Waals surface area (Å²) in [7, 11) is 1.70. The van der Waals surface area contributed by atoms with Gasteiger partial charge in [0.15, 0.2) is 0 Å². The van der Waals surface area contributed by atoms with Crippen molar-refractivity contribution < 1.29 is 4.74 Å². The Labute approximate surface area is 75.7 Å². The maximum absolute atomic E-state index is 5.47. The van der Waals surface area contributed by atoms with Gasteiger partial charge in [-0.05, 0) is 12.5 Å². The van der Waals surface area contributed by atoms with E-state index in [0.29, 0.717) is 6.54 Å². The van der Waals surface area contributed by atoms with Gasteiger partial charge in [0.05, 0.1) is 6.10 Å². The quantitative estimate of drug-likeness (QED) is 0.594. The van der Waals surface area contributed by atoms with Crippen LogP contribution in [0.25, 0.3) is 0 Å². The summed E-state index contributed by atoms with van der Waals surface area (Å²) in [5, 5.41) is 3.33. The van der Waals surface area contributed by atoms with Crippen LogP contribution in [-0.2, 0) is 4.74 Å². The Hall–Kier alpha value is -0.120. The Kier molecular flexibility index (Phi) is 7.45. The summed E-state index contributed by atoms with van der Waals surface area (Å²) in [6.07, 6.45) is 1.38. The summed E-state index contributed by atoms with van der Waals surface area (Å²) in [6, 6.07) is 0. The van der Waals surface area contributed by atoms with Crippen molar-refractivity contribution in [3.63, 3.8) is 0 Å². The summed E-state index contributed by atoms with van der Waals surface area (Å²) in [5.74, 6) is 0.736. The van der Waals surface area contributed by atoms with Crippen molar-refractivity contribution in [2.45, 2.75) is 26.4 Å². The van der Waals surface area contributed by atoms with E-state index >= 15 is 0 Å². The van der Waals surface area contributed by atoms with Crippen LogP contribution in [0, 0.1) is 5.92 Å². The highest BCUT2D eigenvalue weighted by Crippen LogP contribution is 1.97. The minimum atomic E-state index is 0.161. The van der Waals surface area contributed by atoms with E-state index in [4.69, 9.17) is 10.5 Å². The minimum absolute atomic E-state index is 0.161. The molecule has 0 bridgehead atoms. The third kappa shape index (κ3) is 5.52. The van der Waals surface area contributed by atoms with Gasteiger partial charge >= 0.3 is 0 Å². The van der Waals surface area contributed by atoms with Gasteiger partial charge in [0.1, 0.15) is 0 Å². The van der Waals surface area contributed by atoms with E-state index in [1.54, 1.807) is 7.11 Å². The summed E-state index contributed by atoms with van der Waals surface area (Å²) < 4.78 is 5.13. The van der Waals surface area contributed by atoms with Crippen LogP contribution in [0.1, 0.15) is 20.3 Å². The average molecular weight is 174 g/mol. The van der Waals surface area contributed by atoms with Gasteiger partial charge in [0.2, 0.25) is 0 Å². The molecule has 2 atom stereocenters. The Bertz CT molecular complexity index is 94.5. The van der Waals surface area contributed by atoms with Crippen molar-refractivity contribution in [3.8, 4) is 0 Å². The largest absolute Gasteiger partial charge is 0.379 e. The molecule has 0 fully saturated rings. The number of ether oxygens (including phenoxy) is 1. The molecule has 0 rings (SSSR count). The molecule has 3 heteroatoms. The molecular formula is C9H22N2O. The second-order valence-electron chi connectivity index (χ2n) is 3.27. The Morgan fingerprint density at radius 1 is 1.42 bits per heavy atom. The molecule has 3 nitrogen and oxygen atoms in total. The van der Waals surface area contributed by atoms with Crippen LogP contribution < -0.4 is 11.1 Å². The standard InChI is InChI=1S/C9H22N2O/c1-4-8(2)6-11-7-9(5-10)12-3/h8-9,11H,4-7,10H2,1-3H3. The lowest BCUT2D eigenvalue weighted by molar-refractivity contribution is 0.108. The first-order chi connectivity index (χ1) is 5.74. The third-order valence-corrected chi connectivity index (χ3v) is 2.16. The molecule has 2 unspecified atom stereocenters. The maximum Gasteiger partial charge on any atom is 0.0817 e. The molecule has 0 saturated heterocycles. The van der Waals surface area contributed by atoms with Crippen molar-refractivity contribution in [2.24, 2.45) is 11.7 Å². The van der Waals surface area contributed by atoms with E-state index in [-0.39, 0.29) is 6.10 Å². The zero-order chi connectivity index (χ0) is 9.40. The van der Waals surface area contributed by atoms with Crippen LogP contribution in [-0.4, -0.2) is 32.8 Å². The highest BCUT2D eigenvalue weighted by Gasteiger charge is 2.04. The summed E-state index contributed by atoms with van der Waals surface area (Å²) in [4.78, 5) is 0. The normalized spacial score (nSPS) is 16.0. The second-order valence-corrected chi connectivity index (χ2v) is 3.27. The van der Waals surface area contributed by atoms with Crippen molar-refractivity contribution in [1.29, 1.82) is 0 Å². The molecule has 74 valence electrons. The number of hydrogen-bond acceptors (Lipinski definition) is 3. The zero-order valence-electron chi connectivity index (χ0n) is 8.47. The van der Waals surface area contributed by atoms with Crippen molar-refractivity contribution >= 4 is 0 Å². The second kappa shape index (κ2) is 7.53. The first-order valence-corrected chi connectivity index (χ1v) is 4.68. The fourth-order valence-corrected chi connectivity index (χ4v) is 0.898. The SMILES string of the molecule is CCC(C)CNCC(CN)OC. The highest BCUT2D eigenvalue weighted by molar-refractivity contribution is 4.63. The molecule has 0 amide bonds. The maximum atomic E-state index is 5.47. The van der Waals surface area contributed by atoms with Crippen LogP contribution in [0.5, 0.6) is 0 Å². The zero-order valence-corrected chi connectivity index (χ0v) is 8.47. The molecule has 0 aromatic rings. The molecule has 12 heavy (non-hydrogen) atoms. The van der Waals surface area contributed by atoms with Crippen LogP contribution in [0.15, 0.2) is 0 Å². The van der Waals surface area contributed by atoms with Crippen LogP contribution in [0.4, 0.5) is 0 Å². The molecule has 0 aromatic heterocycles. The highest BCUT2D eigenvalue weighted by atomic mass is 16.5. The molecule has 0 radical (unpaired) electrons. The van der Waals surface area contributed by atoms with E-state index < -0.39 is 0 Å². The van der Waals surface area contributed by atoms with Gasteiger partial charge in [-0.1, -0.05) is 20.3 Å². The van der Waals surface area contributed by atoms with Gasteiger partial charge in [-0.25, -0.2) is 0 Å². The lowest BCUT2D eigenvalue weighted by Gasteiger charge is -2.15. The smallest absolute Gasteiger partial charge is 0.0817 e. The fraction of sp³-hybridized carbons (Fsp3) is 1.00. The summed E-state index contributed by atoms with van der Waals surface area (Å²) in [5.41, 5.74) is 5.47. The summed E-state index contributed by atoms with van der Waals surface area (Å²) in [6.45, 7) is 6.93. The molecule has 0 spiro atoms. The molecule has 3 N–H and O–H groups in total. The molecule has 0 aliphatic heterocycles. The van der Waals surface area contributed by atoms with E-state index in [9.17, 15) is 0 Å². The van der Waals surface area contributed by atoms with Gasteiger partial charge in [-0.3, -0.25) is 0 Å².